The van der Waals surface area contributed by atoms with Gasteiger partial charge < -0.3 is 10.1 Å². The zero-order chi connectivity index (χ0) is 12.2. The van der Waals surface area contributed by atoms with Crippen molar-refractivity contribution in [1.82, 2.24) is 15.1 Å². The second kappa shape index (κ2) is 5.46. The standard InChI is InChI=1S/C12H23N3O/c1-10-11(9-14-15(10)5)8-13-6-7-16-12(2,3)4/h9,13H,6-8H2,1-5H3. The molecule has 0 bridgehead atoms. The van der Waals surface area contributed by atoms with Gasteiger partial charge in [0, 0.05) is 31.4 Å². The van der Waals surface area contributed by atoms with Crippen molar-refractivity contribution in [2.75, 3.05) is 13.2 Å². The number of nitrogens with one attached hydrogen (secondary N) is 1. The van der Waals surface area contributed by atoms with E-state index in [2.05, 4.69) is 38.1 Å². The third-order valence-corrected chi connectivity index (χ3v) is 2.47. The number of hydrogen-bond donors (Lipinski definition) is 1. The molecule has 4 nitrogen and oxygen atoms in total. The van der Waals surface area contributed by atoms with Crippen molar-refractivity contribution < 1.29 is 4.74 Å². The Labute approximate surface area is 98.0 Å². The lowest BCUT2D eigenvalue weighted by Crippen LogP contribution is -2.26. The van der Waals surface area contributed by atoms with Gasteiger partial charge in [0.25, 0.3) is 0 Å². The van der Waals surface area contributed by atoms with E-state index in [-0.39, 0.29) is 5.60 Å². The molecule has 0 spiro atoms. The molecule has 1 N–H and O–H groups in total. The molecule has 0 aliphatic heterocycles. The molecule has 0 saturated carbocycles. The minimum Gasteiger partial charge on any atom is -0.375 e. The zero-order valence-corrected chi connectivity index (χ0v) is 11.0. The predicted octanol–water partition coefficient (Wildman–Crippen LogP) is 1.63. The smallest absolute Gasteiger partial charge is 0.0599 e. The lowest BCUT2D eigenvalue weighted by atomic mass is 10.2. The Balaban J connectivity index is 2.19. The molecule has 0 atom stereocenters. The van der Waals surface area contributed by atoms with E-state index >= 15 is 0 Å². The molecule has 0 aliphatic carbocycles. The van der Waals surface area contributed by atoms with Crippen LogP contribution in [0, 0.1) is 6.92 Å². The van der Waals surface area contributed by atoms with Crippen LogP contribution in [0.25, 0.3) is 0 Å². The summed E-state index contributed by atoms with van der Waals surface area (Å²) in [5.74, 6) is 0. The molecule has 1 rings (SSSR count). The Kier molecular flexibility index (Phi) is 4.50. The predicted molar refractivity (Wildman–Crippen MR) is 65.4 cm³/mol. The first-order valence-electron chi connectivity index (χ1n) is 5.72. The first-order chi connectivity index (χ1) is 7.40. The van der Waals surface area contributed by atoms with Gasteiger partial charge in [-0.15, -0.1) is 0 Å². The SMILES string of the molecule is Cc1c(CNCCOC(C)(C)C)cnn1C. The minimum atomic E-state index is -0.0497. The van der Waals surface area contributed by atoms with Gasteiger partial charge in [0.15, 0.2) is 0 Å². The second-order valence-electron chi connectivity index (χ2n) is 5.02. The van der Waals surface area contributed by atoms with Crippen molar-refractivity contribution in [1.29, 1.82) is 0 Å². The van der Waals surface area contributed by atoms with Crippen molar-refractivity contribution in [3.8, 4) is 0 Å². The summed E-state index contributed by atoms with van der Waals surface area (Å²) >= 11 is 0. The largest absolute Gasteiger partial charge is 0.375 e. The number of ether oxygens (including phenoxy) is 1. The van der Waals surface area contributed by atoms with Crippen LogP contribution in [-0.2, 0) is 18.3 Å². The number of nitrogens with zero attached hydrogens (tertiary/aromatic N) is 2. The molecule has 4 heteroatoms. The highest BCUT2D eigenvalue weighted by atomic mass is 16.5. The summed E-state index contributed by atoms with van der Waals surface area (Å²) in [6, 6.07) is 0. The highest BCUT2D eigenvalue weighted by molar-refractivity contribution is 5.15. The topological polar surface area (TPSA) is 39.1 Å². The van der Waals surface area contributed by atoms with E-state index in [1.807, 2.05) is 17.9 Å². The van der Waals surface area contributed by atoms with Gasteiger partial charge in [-0.3, -0.25) is 4.68 Å². The summed E-state index contributed by atoms with van der Waals surface area (Å²) in [6.07, 6.45) is 1.91. The van der Waals surface area contributed by atoms with Gasteiger partial charge in [-0.1, -0.05) is 0 Å². The molecule has 1 aromatic rings. The average Bonchev–Trinajstić information content (AvgIpc) is 2.47. The molecule has 1 aromatic heterocycles. The number of rotatable bonds is 5. The first-order valence-corrected chi connectivity index (χ1v) is 5.72. The van der Waals surface area contributed by atoms with Gasteiger partial charge in [0.1, 0.15) is 0 Å². The van der Waals surface area contributed by atoms with Crippen LogP contribution in [0.4, 0.5) is 0 Å². The van der Waals surface area contributed by atoms with Crippen LogP contribution in [-0.4, -0.2) is 28.5 Å². The normalized spacial score (nSPS) is 12.1. The summed E-state index contributed by atoms with van der Waals surface area (Å²) in [4.78, 5) is 0. The molecule has 0 aliphatic rings. The third kappa shape index (κ3) is 4.33. The maximum absolute atomic E-state index is 5.62. The molecule has 0 aromatic carbocycles. The van der Waals surface area contributed by atoms with Crippen LogP contribution < -0.4 is 5.32 Å². The molecule has 0 amide bonds. The van der Waals surface area contributed by atoms with Crippen molar-refractivity contribution in [3.63, 3.8) is 0 Å². The third-order valence-electron chi connectivity index (χ3n) is 2.47. The maximum Gasteiger partial charge on any atom is 0.0599 e. The number of aromatic nitrogens is 2. The molecule has 92 valence electrons. The van der Waals surface area contributed by atoms with Gasteiger partial charge in [0.05, 0.1) is 18.4 Å². The summed E-state index contributed by atoms with van der Waals surface area (Å²) < 4.78 is 7.51. The van der Waals surface area contributed by atoms with E-state index in [0.29, 0.717) is 0 Å². The number of aryl methyl sites for hydroxylation is 1. The molecule has 0 fully saturated rings. The van der Waals surface area contributed by atoms with Crippen molar-refractivity contribution in [2.45, 2.75) is 39.8 Å². The van der Waals surface area contributed by atoms with E-state index in [4.69, 9.17) is 4.74 Å². The maximum atomic E-state index is 5.62. The van der Waals surface area contributed by atoms with Gasteiger partial charge in [-0.05, 0) is 27.7 Å². The molecule has 16 heavy (non-hydrogen) atoms. The van der Waals surface area contributed by atoms with Crippen LogP contribution in [0.1, 0.15) is 32.0 Å². The van der Waals surface area contributed by atoms with Crippen molar-refractivity contribution in [2.24, 2.45) is 7.05 Å². The molecule has 1 heterocycles. The Morgan fingerprint density at radius 1 is 1.44 bits per heavy atom. The second-order valence-corrected chi connectivity index (χ2v) is 5.02. The lowest BCUT2D eigenvalue weighted by molar-refractivity contribution is -0.000890. The van der Waals surface area contributed by atoms with Gasteiger partial charge >= 0.3 is 0 Å². The summed E-state index contributed by atoms with van der Waals surface area (Å²) in [5, 5.41) is 7.55. The average molecular weight is 225 g/mol. The van der Waals surface area contributed by atoms with E-state index < -0.39 is 0 Å². The fraction of sp³-hybridized carbons (Fsp3) is 0.750. The Morgan fingerprint density at radius 3 is 2.62 bits per heavy atom. The van der Waals surface area contributed by atoms with E-state index in [0.717, 1.165) is 19.7 Å². The van der Waals surface area contributed by atoms with Crippen LogP contribution in [0.3, 0.4) is 0 Å². The van der Waals surface area contributed by atoms with Crippen LogP contribution in [0.2, 0.25) is 0 Å². The Bertz CT molecular complexity index is 325. The fourth-order valence-electron chi connectivity index (χ4n) is 1.37. The zero-order valence-electron chi connectivity index (χ0n) is 11.0. The fourth-order valence-corrected chi connectivity index (χ4v) is 1.37. The van der Waals surface area contributed by atoms with E-state index in [9.17, 15) is 0 Å². The van der Waals surface area contributed by atoms with E-state index in [1.165, 1.54) is 11.3 Å². The molecular weight excluding hydrogens is 202 g/mol. The molecule has 0 saturated heterocycles. The summed E-state index contributed by atoms with van der Waals surface area (Å²) in [5.41, 5.74) is 2.41. The summed E-state index contributed by atoms with van der Waals surface area (Å²) in [6.45, 7) is 10.7. The lowest BCUT2D eigenvalue weighted by Gasteiger charge is -2.19. The molecule has 0 radical (unpaired) electrons. The first kappa shape index (κ1) is 13.2. The Morgan fingerprint density at radius 2 is 2.12 bits per heavy atom. The molecular formula is C12H23N3O. The van der Waals surface area contributed by atoms with Crippen molar-refractivity contribution >= 4 is 0 Å². The summed E-state index contributed by atoms with van der Waals surface area (Å²) in [7, 11) is 1.96. The van der Waals surface area contributed by atoms with Gasteiger partial charge in [-0.2, -0.15) is 5.10 Å². The monoisotopic (exact) mass is 225 g/mol. The number of hydrogen-bond acceptors (Lipinski definition) is 3. The highest BCUT2D eigenvalue weighted by Gasteiger charge is 2.09. The van der Waals surface area contributed by atoms with Gasteiger partial charge in [0.2, 0.25) is 0 Å². The minimum absolute atomic E-state index is 0.0497. The van der Waals surface area contributed by atoms with Crippen molar-refractivity contribution in [3.05, 3.63) is 17.5 Å². The molecule has 0 unspecified atom stereocenters. The quantitative estimate of drug-likeness (QED) is 0.774. The van der Waals surface area contributed by atoms with Crippen LogP contribution in [0.15, 0.2) is 6.20 Å². The highest BCUT2D eigenvalue weighted by Crippen LogP contribution is 2.06. The Hall–Kier alpha value is -0.870. The van der Waals surface area contributed by atoms with Crippen LogP contribution >= 0.6 is 0 Å². The van der Waals surface area contributed by atoms with E-state index in [1.54, 1.807) is 0 Å². The van der Waals surface area contributed by atoms with Gasteiger partial charge in [-0.25, -0.2) is 0 Å². The van der Waals surface area contributed by atoms with Crippen LogP contribution in [0.5, 0.6) is 0 Å².